The number of anilines is 1. The van der Waals surface area contributed by atoms with Gasteiger partial charge in [0.15, 0.2) is 0 Å². The normalized spacial score (nSPS) is 11.9. The Morgan fingerprint density at radius 2 is 1.80 bits per heavy atom. The molecule has 0 unspecified atom stereocenters. The maximum Gasteiger partial charge on any atom is 0.256 e. The van der Waals surface area contributed by atoms with Crippen LogP contribution in [0.2, 0.25) is 0 Å². The average Bonchev–Trinajstić information content (AvgIpc) is 2.47. The van der Waals surface area contributed by atoms with Crippen LogP contribution in [0.1, 0.15) is 42.1 Å². The minimum absolute atomic E-state index is 0.0502. The first-order valence-electron chi connectivity index (χ1n) is 6.78. The highest BCUT2D eigenvalue weighted by Crippen LogP contribution is 2.27. The third-order valence-electron chi connectivity index (χ3n) is 3.47. The summed E-state index contributed by atoms with van der Waals surface area (Å²) in [6.45, 7) is 4.33. The van der Waals surface area contributed by atoms with Gasteiger partial charge in [-0.25, -0.2) is 0 Å². The van der Waals surface area contributed by atoms with Crippen molar-refractivity contribution in [2.24, 2.45) is 0 Å². The molecular formula is C17H18INO. The number of amides is 1. The van der Waals surface area contributed by atoms with E-state index in [1.54, 1.807) is 0 Å². The van der Waals surface area contributed by atoms with Crippen molar-refractivity contribution in [2.75, 3.05) is 5.32 Å². The fourth-order valence-electron chi connectivity index (χ4n) is 2.10. The van der Waals surface area contributed by atoms with Crippen molar-refractivity contribution in [1.82, 2.24) is 0 Å². The van der Waals surface area contributed by atoms with Gasteiger partial charge in [0, 0.05) is 9.26 Å². The molecule has 1 atom stereocenters. The van der Waals surface area contributed by atoms with Crippen LogP contribution in [0.4, 0.5) is 5.69 Å². The van der Waals surface area contributed by atoms with E-state index >= 15 is 0 Å². The molecule has 2 aromatic rings. The summed E-state index contributed by atoms with van der Waals surface area (Å²) in [5, 5.41) is 3.04. The largest absolute Gasteiger partial charge is 0.322 e. The Bertz CT molecular complexity index is 609. The molecule has 0 aromatic heterocycles. The Hall–Kier alpha value is -1.36. The molecule has 2 aromatic carbocycles. The first-order valence-corrected chi connectivity index (χ1v) is 7.86. The molecule has 0 aliphatic heterocycles. The lowest BCUT2D eigenvalue weighted by Crippen LogP contribution is -2.15. The number of para-hydroxylation sites is 1. The molecule has 0 aliphatic rings. The maximum absolute atomic E-state index is 12.4. The summed E-state index contributed by atoms with van der Waals surface area (Å²) in [6, 6.07) is 15.6. The zero-order chi connectivity index (χ0) is 14.5. The number of halogens is 1. The Kier molecular flexibility index (Phi) is 5.17. The molecule has 0 bridgehead atoms. The van der Waals surface area contributed by atoms with Gasteiger partial charge in [0.25, 0.3) is 5.91 Å². The summed E-state index contributed by atoms with van der Waals surface area (Å²) in [4.78, 5) is 12.4. The fraction of sp³-hybridized carbons (Fsp3) is 0.235. The third kappa shape index (κ3) is 3.39. The van der Waals surface area contributed by atoms with Crippen molar-refractivity contribution in [3.05, 3.63) is 63.2 Å². The van der Waals surface area contributed by atoms with E-state index in [-0.39, 0.29) is 5.91 Å². The summed E-state index contributed by atoms with van der Waals surface area (Å²) < 4.78 is 0.962. The van der Waals surface area contributed by atoms with Crippen molar-refractivity contribution in [3.63, 3.8) is 0 Å². The number of carbonyl (C=O) groups is 1. The molecule has 0 spiro atoms. The maximum atomic E-state index is 12.4. The number of benzene rings is 2. The van der Waals surface area contributed by atoms with Crippen LogP contribution in [-0.2, 0) is 0 Å². The van der Waals surface area contributed by atoms with Gasteiger partial charge in [0.1, 0.15) is 0 Å². The van der Waals surface area contributed by atoms with E-state index in [4.69, 9.17) is 0 Å². The smallest absolute Gasteiger partial charge is 0.256 e. The van der Waals surface area contributed by atoms with Crippen LogP contribution >= 0.6 is 22.6 Å². The molecular weight excluding hydrogens is 361 g/mol. The number of carbonyl (C=O) groups excluding carboxylic acids is 1. The summed E-state index contributed by atoms with van der Waals surface area (Å²) in [7, 11) is 0. The highest BCUT2D eigenvalue weighted by atomic mass is 127. The van der Waals surface area contributed by atoms with Gasteiger partial charge in [-0.3, -0.25) is 4.79 Å². The summed E-state index contributed by atoms with van der Waals surface area (Å²) >= 11 is 2.19. The van der Waals surface area contributed by atoms with E-state index in [1.165, 1.54) is 5.56 Å². The lowest BCUT2D eigenvalue weighted by atomic mass is 9.97. The van der Waals surface area contributed by atoms with Gasteiger partial charge in [-0.2, -0.15) is 0 Å². The van der Waals surface area contributed by atoms with Crippen LogP contribution < -0.4 is 5.32 Å². The zero-order valence-corrected chi connectivity index (χ0v) is 13.8. The van der Waals surface area contributed by atoms with Crippen molar-refractivity contribution < 1.29 is 4.79 Å². The second kappa shape index (κ2) is 6.88. The van der Waals surface area contributed by atoms with Crippen LogP contribution in [0.15, 0.2) is 48.5 Å². The average molecular weight is 379 g/mol. The molecule has 0 aliphatic carbocycles. The van der Waals surface area contributed by atoms with Crippen LogP contribution in [0, 0.1) is 3.57 Å². The van der Waals surface area contributed by atoms with E-state index < -0.39 is 0 Å². The van der Waals surface area contributed by atoms with Crippen molar-refractivity contribution in [1.29, 1.82) is 0 Å². The molecule has 0 fully saturated rings. The van der Waals surface area contributed by atoms with Gasteiger partial charge < -0.3 is 5.32 Å². The van der Waals surface area contributed by atoms with Gasteiger partial charge in [-0.05, 0) is 58.7 Å². The molecule has 0 radical (unpaired) electrons. The Labute approximate surface area is 133 Å². The second-order valence-electron chi connectivity index (χ2n) is 4.83. The predicted octanol–water partition coefficient (Wildman–Crippen LogP) is 5.06. The van der Waals surface area contributed by atoms with Crippen molar-refractivity contribution >= 4 is 34.2 Å². The molecule has 20 heavy (non-hydrogen) atoms. The predicted molar refractivity (Wildman–Crippen MR) is 92.3 cm³/mol. The Morgan fingerprint density at radius 1 is 1.15 bits per heavy atom. The molecule has 2 rings (SSSR count). The molecule has 2 nitrogen and oxygen atoms in total. The molecule has 1 N–H and O–H groups in total. The number of nitrogens with one attached hydrogen (secondary N) is 1. The second-order valence-corrected chi connectivity index (χ2v) is 5.99. The van der Waals surface area contributed by atoms with Crippen LogP contribution in [-0.4, -0.2) is 5.91 Å². The fourth-order valence-corrected chi connectivity index (χ4v) is 2.73. The van der Waals surface area contributed by atoms with E-state index in [2.05, 4.69) is 47.8 Å². The summed E-state index contributed by atoms with van der Waals surface area (Å²) in [5.74, 6) is 0.382. The summed E-state index contributed by atoms with van der Waals surface area (Å²) in [6.07, 6.45) is 1.05. The quantitative estimate of drug-likeness (QED) is 0.740. The minimum Gasteiger partial charge on any atom is -0.322 e. The SMILES string of the molecule is CC[C@H](C)c1ccccc1NC(=O)c1ccccc1I. The van der Waals surface area contributed by atoms with Gasteiger partial charge in [-0.15, -0.1) is 0 Å². The van der Waals surface area contributed by atoms with E-state index in [9.17, 15) is 4.79 Å². The topological polar surface area (TPSA) is 29.1 Å². The van der Waals surface area contributed by atoms with Gasteiger partial charge >= 0.3 is 0 Å². The van der Waals surface area contributed by atoms with Crippen LogP contribution in [0.5, 0.6) is 0 Å². The standard InChI is InChI=1S/C17H18INO/c1-3-12(2)13-8-5-7-11-16(13)19-17(20)14-9-4-6-10-15(14)18/h4-12H,3H2,1-2H3,(H,19,20)/t12-/m0/s1. The van der Waals surface area contributed by atoms with E-state index in [0.717, 1.165) is 15.7 Å². The highest BCUT2D eigenvalue weighted by molar-refractivity contribution is 14.1. The number of hydrogen-bond acceptors (Lipinski definition) is 1. The molecule has 104 valence electrons. The third-order valence-corrected chi connectivity index (χ3v) is 4.41. The van der Waals surface area contributed by atoms with Crippen LogP contribution in [0.3, 0.4) is 0 Å². The van der Waals surface area contributed by atoms with Crippen molar-refractivity contribution in [2.45, 2.75) is 26.2 Å². The molecule has 1 amide bonds. The highest BCUT2D eigenvalue weighted by Gasteiger charge is 2.13. The monoisotopic (exact) mass is 379 g/mol. The molecule has 0 saturated heterocycles. The van der Waals surface area contributed by atoms with E-state index in [1.807, 2.05) is 42.5 Å². The van der Waals surface area contributed by atoms with Crippen LogP contribution in [0.25, 0.3) is 0 Å². The zero-order valence-electron chi connectivity index (χ0n) is 11.7. The lowest BCUT2D eigenvalue weighted by Gasteiger charge is -2.16. The van der Waals surface area contributed by atoms with E-state index in [0.29, 0.717) is 11.5 Å². The van der Waals surface area contributed by atoms with Gasteiger partial charge in [0.2, 0.25) is 0 Å². The number of rotatable bonds is 4. The molecule has 0 saturated carbocycles. The minimum atomic E-state index is -0.0502. The van der Waals surface area contributed by atoms with Gasteiger partial charge in [-0.1, -0.05) is 44.2 Å². The Balaban J connectivity index is 2.27. The summed E-state index contributed by atoms with van der Waals surface area (Å²) in [5.41, 5.74) is 2.81. The molecule has 0 heterocycles. The van der Waals surface area contributed by atoms with Crippen molar-refractivity contribution in [3.8, 4) is 0 Å². The first kappa shape index (κ1) is 15.0. The number of hydrogen-bond donors (Lipinski definition) is 1. The Morgan fingerprint density at radius 3 is 2.50 bits per heavy atom. The first-order chi connectivity index (χ1) is 9.63. The lowest BCUT2D eigenvalue weighted by molar-refractivity contribution is 0.102. The van der Waals surface area contributed by atoms with Gasteiger partial charge in [0.05, 0.1) is 5.56 Å². The molecule has 3 heteroatoms.